The molecule has 0 bridgehead atoms. The quantitative estimate of drug-likeness (QED) is 0.619. The highest BCUT2D eigenvalue weighted by molar-refractivity contribution is 8.00. The van der Waals surface area contributed by atoms with Gasteiger partial charge in [-0.05, 0) is 37.4 Å². The lowest BCUT2D eigenvalue weighted by molar-refractivity contribution is -0.119. The highest BCUT2D eigenvalue weighted by Gasteiger charge is 2.23. The number of thiophene rings is 1. The van der Waals surface area contributed by atoms with Crippen molar-refractivity contribution in [2.75, 3.05) is 6.54 Å². The topological polar surface area (TPSA) is 88.9 Å². The fourth-order valence-corrected chi connectivity index (χ4v) is 3.92. The number of benzene rings is 1. The fourth-order valence-electron chi connectivity index (χ4n) is 2.35. The summed E-state index contributed by atoms with van der Waals surface area (Å²) in [5.74, 6) is 0.335. The normalized spacial score (nSPS) is 11.8. The van der Waals surface area contributed by atoms with E-state index in [0.29, 0.717) is 11.7 Å². The maximum atomic E-state index is 12.3. The number of carbonyl (C=O) groups excluding carboxylic acids is 2. The van der Waals surface area contributed by atoms with Crippen LogP contribution in [0.3, 0.4) is 0 Å². The minimum atomic E-state index is -0.518. The van der Waals surface area contributed by atoms with Crippen molar-refractivity contribution >= 4 is 35.0 Å². The number of carbonyl (C=O) groups is 2. The van der Waals surface area contributed by atoms with Crippen LogP contribution in [-0.2, 0) is 4.79 Å². The molecule has 1 aromatic carbocycles. The van der Waals surface area contributed by atoms with Crippen LogP contribution in [0.2, 0.25) is 0 Å². The first kappa shape index (κ1) is 19.1. The molecule has 0 saturated carbocycles. The van der Waals surface area contributed by atoms with Gasteiger partial charge in [0.1, 0.15) is 0 Å². The Morgan fingerprint density at radius 2 is 1.96 bits per heavy atom. The van der Waals surface area contributed by atoms with Gasteiger partial charge in [0.05, 0.1) is 10.1 Å². The maximum Gasteiger partial charge on any atom is 0.321 e. The van der Waals surface area contributed by atoms with Crippen LogP contribution in [0, 0.1) is 0 Å². The van der Waals surface area contributed by atoms with Crippen LogP contribution >= 0.6 is 23.1 Å². The number of para-hydroxylation sites is 1. The van der Waals surface area contributed by atoms with E-state index in [2.05, 4.69) is 20.8 Å². The lowest BCUT2D eigenvalue weighted by Crippen LogP contribution is -2.42. The number of hydrogen-bond donors (Lipinski definition) is 2. The number of thioether (sulfide) groups is 1. The molecule has 0 fully saturated rings. The first-order chi connectivity index (χ1) is 13.1. The molecule has 0 aliphatic heterocycles. The van der Waals surface area contributed by atoms with Crippen LogP contribution in [0.4, 0.5) is 4.79 Å². The van der Waals surface area contributed by atoms with Crippen LogP contribution in [0.1, 0.15) is 13.8 Å². The minimum absolute atomic E-state index is 0.383. The molecule has 0 aliphatic carbocycles. The van der Waals surface area contributed by atoms with Gasteiger partial charge in [-0.25, -0.2) is 4.79 Å². The van der Waals surface area contributed by atoms with Crippen molar-refractivity contribution in [3.05, 3.63) is 47.8 Å². The van der Waals surface area contributed by atoms with Crippen molar-refractivity contribution in [3.63, 3.8) is 0 Å². The highest BCUT2D eigenvalue weighted by Crippen LogP contribution is 2.31. The summed E-state index contributed by atoms with van der Waals surface area (Å²) in [6, 6.07) is 13.2. The van der Waals surface area contributed by atoms with Crippen molar-refractivity contribution in [3.8, 4) is 16.4 Å². The molecule has 0 aliphatic rings. The molecule has 7 nitrogen and oxygen atoms in total. The third kappa shape index (κ3) is 4.55. The van der Waals surface area contributed by atoms with Crippen molar-refractivity contribution in [1.29, 1.82) is 0 Å². The van der Waals surface area contributed by atoms with Crippen LogP contribution in [0.15, 0.2) is 53.0 Å². The summed E-state index contributed by atoms with van der Waals surface area (Å²) in [5.41, 5.74) is 0.907. The molecule has 0 unspecified atom stereocenters. The molecule has 2 aromatic heterocycles. The zero-order chi connectivity index (χ0) is 19.2. The minimum Gasteiger partial charge on any atom is -0.338 e. The van der Waals surface area contributed by atoms with Gasteiger partial charge in [0.15, 0.2) is 11.0 Å². The second kappa shape index (κ2) is 8.83. The van der Waals surface area contributed by atoms with E-state index >= 15 is 0 Å². The maximum absolute atomic E-state index is 12.3. The molecule has 0 spiro atoms. The standard InChI is InChI=1S/C18H19N5O2S2/c1-3-19-17(25)20-16(24)12(2)27-18-22-21-15(14-10-7-11-26-14)23(18)13-8-5-4-6-9-13/h4-12H,3H2,1-2H3,(H2,19,20,24,25)/t12-/m1/s1. The first-order valence-corrected chi connectivity index (χ1v) is 10.2. The Bertz CT molecular complexity index is 909. The highest BCUT2D eigenvalue weighted by atomic mass is 32.2. The van der Waals surface area contributed by atoms with Crippen LogP contribution in [-0.4, -0.2) is 38.5 Å². The Morgan fingerprint density at radius 3 is 2.63 bits per heavy atom. The summed E-state index contributed by atoms with van der Waals surface area (Å²) in [6.07, 6.45) is 0. The van der Waals surface area contributed by atoms with E-state index in [9.17, 15) is 9.59 Å². The number of nitrogens with zero attached hydrogens (tertiary/aromatic N) is 3. The molecule has 3 aromatic rings. The second-order valence-electron chi connectivity index (χ2n) is 5.56. The Morgan fingerprint density at radius 1 is 1.19 bits per heavy atom. The third-order valence-electron chi connectivity index (χ3n) is 3.61. The summed E-state index contributed by atoms with van der Waals surface area (Å²) in [4.78, 5) is 24.8. The molecule has 3 amide bonds. The van der Waals surface area contributed by atoms with E-state index in [1.807, 2.05) is 52.4 Å². The van der Waals surface area contributed by atoms with Gasteiger partial charge in [0, 0.05) is 12.2 Å². The average Bonchev–Trinajstić information content (AvgIpc) is 3.32. The largest absolute Gasteiger partial charge is 0.338 e. The van der Waals surface area contributed by atoms with Gasteiger partial charge in [-0.15, -0.1) is 21.5 Å². The molecule has 9 heteroatoms. The predicted molar refractivity (Wildman–Crippen MR) is 107 cm³/mol. The van der Waals surface area contributed by atoms with Crippen LogP contribution < -0.4 is 10.6 Å². The number of amides is 3. The summed E-state index contributed by atoms with van der Waals surface area (Å²) in [7, 11) is 0. The summed E-state index contributed by atoms with van der Waals surface area (Å²) in [5, 5.41) is 15.5. The summed E-state index contributed by atoms with van der Waals surface area (Å²) in [6.45, 7) is 3.97. The molecular weight excluding hydrogens is 382 g/mol. The van der Waals surface area contributed by atoms with Gasteiger partial charge in [-0.2, -0.15) is 0 Å². The van der Waals surface area contributed by atoms with Crippen LogP contribution in [0.25, 0.3) is 16.4 Å². The Labute approximate surface area is 165 Å². The van der Waals surface area contributed by atoms with E-state index in [1.54, 1.807) is 25.2 Å². The van der Waals surface area contributed by atoms with E-state index in [-0.39, 0.29) is 5.91 Å². The van der Waals surface area contributed by atoms with Gasteiger partial charge < -0.3 is 5.32 Å². The van der Waals surface area contributed by atoms with Gasteiger partial charge in [-0.3, -0.25) is 14.7 Å². The van der Waals surface area contributed by atoms with Crippen molar-refractivity contribution < 1.29 is 9.59 Å². The van der Waals surface area contributed by atoms with Gasteiger partial charge in [0.2, 0.25) is 5.91 Å². The van der Waals surface area contributed by atoms with E-state index in [0.717, 1.165) is 16.4 Å². The Hall–Kier alpha value is -2.65. The molecule has 0 radical (unpaired) electrons. The number of nitrogens with one attached hydrogen (secondary N) is 2. The van der Waals surface area contributed by atoms with Gasteiger partial charge in [-0.1, -0.05) is 36.0 Å². The zero-order valence-corrected chi connectivity index (χ0v) is 16.5. The fraction of sp³-hybridized carbons (Fsp3) is 0.222. The van der Waals surface area contributed by atoms with Gasteiger partial charge >= 0.3 is 6.03 Å². The second-order valence-corrected chi connectivity index (χ2v) is 7.82. The van der Waals surface area contributed by atoms with E-state index in [4.69, 9.17) is 0 Å². The summed E-state index contributed by atoms with van der Waals surface area (Å²) < 4.78 is 1.92. The molecule has 27 heavy (non-hydrogen) atoms. The molecule has 3 rings (SSSR count). The summed E-state index contributed by atoms with van der Waals surface area (Å²) >= 11 is 2.83. The van der Waals surface area contributed by atoms with Crippen molar-refractivity contribution in [1.82, 2.24) is 25.4 Å². The average molecular weight is 402 g/mol. The number of rotatable bonds is 6. The molecule has 2 heterocycles. The molecule has 1 atom stereocenters. The first-order valence-electron chi connectivity index (χ1n) is 8.40. The molecule has 2 N–H and O–H groups in total. The molecule has 140 valence electrons. The number of hydrogen-bond acceptors (Lipinski definition) is 6. The van der Waals surface area contributed by atoms with Crippen LogP contribution in [0.5, 0.6) is 0 Å². The third-order valence-corrected chi connectivity index (χ3v) is 5.52. The van der Waals surface area contributed by atoms with E-state index in [1.165, 1.54) is 11.8 Å². The lowest BCUT2D eigenvalue weighted by Gasteiger charge is -2.13. The smallest absolute Gasteiger partial charge is 0.321 e. The Kier molecular flexibility index (Phi) is 6.25. The van der Waals surface area contributed by atoms with Crippen molar-refractivity contribution in [2.45, 2.75) is 24.3 Å². The number of aromatic nitrogens is 3. The number of urea groups is 1. The number of imide groups is 1. The Balaban J connectivity index is 1.87. The zero-order valence-electron chi connectivity index (χ0n) is 14.9. The van der Waals surface area contributed by atoms with Gasteiger partial charge in [0.25, 0.3) is 0 Å². The van der Waals surface area contributed by atoms with Crippen molar-refractivity contribution in [2.24, 2.45) is 0 Å². The monoisotopic (exact) mass is 401 g/mol. The van der Waals surface area contributed by atoms with E-state index < -0.39 is 11.3 Å². The predicted octanol–water partition coefficient (Wildman–Crippen LogP) is 3.32. The molecular formula is C18H19N5O2S2. The molecule has 0 saturated heterocycles. The lowest BCUT2D eigenvalue weighted by atomic mass is 10.3. The SMILES string of the molecule is CCNC(=O)NC(=O)[C@@H](C)Sc1nnc(-c2cccs2)n1-c1ccccc1.